The van der Waals surface area contributed by atoms with Crippen LogP contribution < -0.4 is 5.32 Å². The number of esters is 1. The molecule has 0 unspecified atom stereocenters. The molecular weight excluding hydrogens is 342 g/mol. The molecule has 0 fully saturated rings. The fourth-order valence-corrected chi connectivity index (χ4v) is 2.18. The Bertz CT molecular complexity index is 574. The van der Waals surface area contributed by atoms with Gasteiger partial charge in [0.1, 0.15) is 0 Å². The number of thiol groups is 1. The molecule has 0 aliphatic rings. The molecule has 1 N–H and O–H groups in total. The molecule has 1 aromatic rings. The molecule has 9 heteroatoms. The maximum atomic E-state index is 13.6. The first-order chi connectivity index (χ1) is 11.4. The largest absolute Gasteiger partial charge is 0.469 e. The molecule has 24 heavy (non-hydrogen) atoms. The van der Waals surface area contributed by atoms with E-state index in [4.69, 9.17) is 4.18 Å². The quantitative estimate of drug-likeness (QED) is 0.423. The number of nitrogens with one attached hydrogen (secondary N) is 1. The Morgan fingerprint density at radius 2 is 2.08 bits per heavy atom. The van der Waals surface area contributed by atoms with Crippen molar-refractivity contribution < 1.29 is 27.3 Å². The molecular formula is C15H20F2N2O4S. The number of amides is 2. The summed E-state index contributed by atoms with van der Waals surface area (Å²) in [7, 11) is 2.78. The molecule has 1 atom stereocenters. The number of halogens is 2. The monoisotopic (exact) mass is 362 g/mol. The number of urea groups is 1. The summed E-state index contributed by atoms with van der Waals surface area (Å²) in [6.07, 6.45) is 0.417. The molecule has 0 spiro atoms. The molecule has 0 bridgehead atoms. The smallest absolute Gasteiger partial charge is 0.317 e. The third-order valence-corrected chi connectivity index (χ3v) is 3.66. The number of likely N-dealkylation sites (N-methyl/N-ethyl adjacent to an activating group) is 1. The number of hydrogen-bond acceptors (Lipinski definition) is 5. The van der Waals surface area contributed by atoms with E-state index in [9.17, 15) is 18.4 Å². The number of benzene rings is 1. The molecule has 1 rings (SSSR count). The molecule has 0 heterocycles. The van der Waals surface area contributed by atoms with Crippen LogP contribution in [0, 0.1) is 11.6 Å². The zero-order valence-corrected chi connectivity index (χ0v) is 14.3. The molecule has 0 saturated heterocycles. The molecule has 0 saturated carbocycles. The Morgan fingerprint density at radius 1 is 1.38 bits per heavy atom. The van der Waals surface area contributed by atoms with Crippen molar-refractivity contribution in [2.45, 2.75) is 25.4 Å². The van der Waals surface area contributed by atoms with E-state index < -0.39 is 29.7 Å². The molecule has 0 aliphatic carbocycles. The van der Waals surface area contributed by atoms with Crippen LogP contribution in [0.25, 0.3) is 0 Å². The summed E-state index contributed by atoms with van der Waals surface area (Å²) >= 11 is 3.66. The van der Waals surface area contributed by atoms with Gasteiger partial charge in [0.15, 0.2) is 11.6 Å². The van der Waals surface area contributed by atoms with Crippen molar-refractivity contribution >= 4 is 24.9 Å². The zero-order valence-electron chi connectivity index (χ0n) is 13.4. The fraction of sp³-hybridized carbons (Fsp3) is 0.467. The van der Waals surface area contributed by atoms with Gasteiger partial charge in [-0.15, -0.1) is 0 Å². The van der Waals surface area contributed by atoms with Gasteiger partial charge in [-0.2, -0.15) is 0 Å². The summed E-state index contributed by atoms with van der Waals surface area (Å²) in [5.74, 6) is -2.38. The highest BCUT2D eigenvalue weighted by Crippen LogP contribution is 2.12. The highest BCUT2D eigenvalue weighted by atomic mass is 32.1. The SMILES string of the molecule is COC(=O)CC[C@@H](COS)N(C)C(=O)NCc1cccc(F)c1F. The Labute approximate surface area is 144 Å². The second-order valence-electron chi connectivity index (χ2n) is 5.05. The van der Waals surface area contributed by atoms with Gasteiger partial charge in [-0.1, -0.05) is 12.1 Å². The number of nitrogens with zero attached hydrogens (tertiary/aromatic N) is 1. The van der Waals surface area contributed by atoms with Crippen LogP contribution >= 0.6 is 12.9 Å². The first-order valence-corrected chi connectivity index (χ1v) is 7.54. The molecule has 134 valence electrons. The minimum absolute atomic E-state index is 0.0355. The van der Waals surface area contributed by atoms with Gasteiger partial charge >= 0.3 is 12.0 Å². The molecule has 0 aliphatic heterocycles. The number of hydrogen-bond donors (Lipinski definition) is 2. The van der Waals surface area contributed by atoms with Crippen LogP contribution in [0.5, 0.6) is 0 Å². The summed E-state index contributed by atoms with van der Waals surface area (Å²) in [6.45, 7) is -0.0728. The predicted molar refractivity (Wildman–Crippen MR) is 86.3 cm³/mol. The van der Waals surface area contributed by atoms with Crippen LogP contribution in [0.15, 0.2) is 18.2 Å². The first-order valence-electron chi connectivity index (χ1n) is 7.17. The molecule has 6 nitrogen and oxygen atoms in total. The van der Waals surface area contributed by atoms with Gasteiger partial charge in [0.05, 0.1) is 19.8 Å². The molecule has 0 aromatic heterocycles. The lowest BCUT2D eigenvalue weighted by molar-refractivity contribution is -0.141. The number of rotatable bonds is 8. The van der Waals surface area contributed by atoms with Crippen LogP contribution in [-0.4, -0.2) is 43.7 Å². The van der Waals surface area contributed by atoms with Gasteiger partial charge in [-0.3, -0.25) is 4.79 Å². The molecule has 2 amide bonds. The van der Waals surface area contributed by atoms with Crippen molar-refractivity contribution in [2.24, 2.45) is 0 Å². The Balaban J connectivity index is 2.62. The Kier molecular flexibility index (Phi) is 8.48. The van der Waals surface area contributed by atoms with E-state index in [2.05, 4.69) is 23.0 Å². The van der Waals surface area contributed by atoms with E-state index in [0.29, 0.717) is 6.42 Å². The van der Waals surface area contributed by atoms with Crippen LogP contribution in [0.3, 0.4) is 0 Å². The average Bonchev–Trinajstić information content (AvgIpc) is 2.58. The second kappa shape index (κ2) is 10.1. The van der Waals surface area contributed by atoms with Crippen molar-refractivity contribution in [3.8, 4) is 0 Å². The average molecular weight is 362 g/mol. The standard InChI is InChI=1S/C15H20F2N2O4S/c1-19(11(9-23-24)6-7-13(20)22-2)15(21)18-8-10-4-3-5-12(16)14(10)17/h3-5,11,24H,6-9H2,1-2H3,(H,18,21)/t11-/m0/s1. The predicted octanol–water partition coefficient (Wildman–Crippen LogP) is 2.29. The minimum Gasteiger partial charge on any atom is -0.469 e. The van der Waals surface area contributed by atoms with Gasteiger partial charge in [0.25, 0.3) is 0 Å². The summed E-state index contributed by atoms with van der Waals surface area (Å²) in [5, 5.41) is 2.49. The van der Waals surface area contributed by atoms with Crippen LogP contribution in [0.1, 0.15) is 18.4 Å². The minimum atomic E-state index is -0.999. The van der Waals surface area contributed by atoms with Crippen LogP contribution in [0.2, 0.25) is 0 Å². The van der Waals surface area contributed by atoms with Gasteiger partial charge in [0.2, 0.25) is 0 Å². The van der Waals surface area contributed by atoms with Crippen molar-refractivity contribution in [1.29, 1.82) is 0 Å². The van der Waals surface area contributed by atoms with Crippen LogP contribution in [-0.2, 0) is 20.3 Å². The van der Waals surface area contributed by atoms with E-state index in [1.807, 2.05) is 0 Å². The summed E-state index contributed by atoms with van der Waals surface area (Å²) in [5.41, 5.74) is 0.0355. The maximum absolute atomic E-state index is 13.6. The zero-order chi connectivity index (χ0) is 18.1. The lowest BCUT2D eigenvalue weighted by atomic mass is 10.1. The first kappa shape index (κ1) is 20.2. The van der Waals surface area contributed by atoms with Crippen molar-refractivity contribution in [2.75, 3.05) is 20.8 Å². The van der Waals surface area contributed by atoms with E-state index in [1.54, 1.807) is 0 Å². The second-order valence-corrected chi connectivity index (χ2v) is 5.31. The van der Waals surface area contributed by atoms with Crippen molar-refractivity contribution in [1.82, 2.24) is 10.2 Å². The van der Waals surface area contributed by atoms with Gasteiger partial charge in [-0.05, 0) is 25.4 Å². The lowest BCUT2D eigenvalue weighted by Gasteiger charge is -2.27. The third-order valence-electron chi connectivity index (χ3n) is 3.51. The number of carbonyl (C=O) groups is 2. The van der Waals surface area contributed by atoms with Crippen LogP contribution in [0.4, 0.5) is 13.6 Å². The number of carbonyl (C=O) groups excluding carboxylic acids is 2. The molecule has 0 radical (unpaired) electrons. The summed E-state index contributed by atoms with van der Waals surface area (Å²) in [6, 6.07) is 2.79. The van der Waals surface area contributed by atoms with E-state index in [-0.39, 0.29) is 25.1 Å². The number of methoxy groups -OCH3 is 1. The van der Waals surface area contributed by atoms with Crippen molar-refractivity contribution in [3.63, 3.8) is 0 Å². The highest BCUT2D eigenvalue weighted by Gasteiger charge is 2.21. The van der Waals surface area contributed by atoms with E-state index >= 15 is 0 Å². The normalized spacial score (nSPS) is 11.7. The maximum Gasteiger partial charge on any atom is 0.317 e. The summed E-state index contributed by atoms with van der Waals surface area (Å²) in [4.78, 5) is 24.7. The molecule has 1 aromatic carbocycles. The van der Waals surface area contributed by atoms with Gasteiger partial charge < -0.3 is 19.1 Å². The Hall–Kier alpha value is -1.87. The third kappa shape index (κ3) is 5.97. The summed E-state index contributed by atoms with van der Waals surface area (Å²) < 4.78 is 36.0. The van der Waals surface area contributed by atoms with Gasteiger partial charge in [-0.25, -0.2) is 13.6 Å². The highest BCUT2D eigenvalue weighted by molar-refractivity contribution is 7.75. The lowest BCUT2D eigenvalue weighted by Crippen LogP contribution is -2.45. The van der Waals surface area contributed by atoms with Crippen molar-refractivity contribution in [3.05, 3.63) is 35.4 Å². The fourth-order valence-electron chi connectivity index (χ4n) is 2.01. The van der Waals surface area contributed by atoms with E-state index in [0.717, 1.165) is 6.07 Å². The van der Waals surface area contributed by atoms with Gasteiger partial charge in [0, 0.05) is 25.6 Å². The number of ether oxygens (including phenoxy) is 1. The van der Waals surface area contributed by atoms with E-state index in [1.165, 1.54) is 31.2 Å². The topological polar surface area (TPSA) is 67.9 Å². The Morgan fingerprint density at radius 3 is 2.71 bits per heavy atom.